The van der Waals surface area contributed by atoms with Gasteiger partial charge in [0, 0.05) is 6.04 Å². The molecule has 0 saturated carbocycles. The highest BCUT2D eigenvalue weighted by Crippen LogP contribution is 2.21. The predicted octanol–water partition coefficient (Wildman–Crippen LogP) is 1.41. The van der Waals surface area contributed by atoms with Gasteiger partial charge in [-0.25, -0.2) is 0 Å². The molecule has 0 bridgehead atoms. The number of likely N-dealkylation sites (tertiary alicyclic amines) is 1. The zero-order valence-corrected chi connectivity index (χ0v) is 7.88. The predicted molar refractivity (Wildman–Crippen MR) is 48.2 cm³/mol. The fraction of sp³-hybridized carbons (Fsp3) is 1.00. The summed E-state index contributed by atoms with van der Waals surface area (Å²) in [4.78, 5) is 2.40. The third-order valence-electron chi connectivity index (χ3n) is 2.71. The van der Waals surface area contributed by atoms with Crippen LogP contribution in [-0.2, 0) is 0 Å². The monoisotopic (exact) mass is 156 g/mol. The fourth-order valence-electron chi connectivity index (χ4n) is 1.85. The van der Waals surface area contributed by atoms with E-state index < -0.39 is 0 Å². The third-order valence-corrected chi connectivity index (χ3v) is 2.71. The summed E-state index contributed by atoms with van der Waals surface area (Å²) in [5, 5.41) is 0. The lowest BCUT2D eigenvalue weighted by molar-refractivity contribution is 0.0753. The Morgan fingerprint density at radius 2 is 2.09 bits per heavy atom. The SMILES string of the molecule is CC1CCCN(C(C)C)C1N. The highest BCUT2D eigenvalue weighted by Gasteiger charge is 2.26. The van der Waals surface area contributed by atoms with Crippen LogP contribution in [0, 0.1) is 5.92 Å². The van der Waals surface area contributed by atoms with Gasteiger partial charge in [0.1, 0.15) is 0 Å². The topological polar surface area (TPSA) is 29.3 Å². The van der Waals surface area contributed by atoms with E-state index in [4.69, 9.17) is 5.73 Å². The molecule has 1 heterocycles. The maximum Gasteiger partial charge on any atom is 0.0600 e. The van der Waals surface area contributed by atoms with E-state index in [9.17, 15) is 0 Å². The molecule has 0 radical (unpaired) electrons. The van der Waals surface area contributed by atoms with E-state index in [-0.39, 0.29) is 0 Å². The molecule has 11 heavy (non-hydrogen) atoms. The molecule has 0 spiro atoms. The summed E-state index contributed by atoms with van der Waals surface area (Å²) in [6.07, 6.45) is 2.90. The number of nitrogens with zero attached hydrogens (tertiary/aromatic N) is 1. The Labute approximate surface area is 69.8 Å². The van der Waals surface area contributed by atoms with Gasteiger partial charge in [0.15, 0.2) is 0 Å². The summed E-state index contributed by atoms with van der Waals surface area (Å²) < 4.78 is 0. The fourth-order valence-corrected chi connectivity index (χ4v) is 1.85. The van der Waals surface area contributed by atoms with Crippen LogP contribution >= 0.6 is 0 Å². The summed E-state index contributed by atoms with van der Waals surface area (Å²) in [6.45, 7) is 7.87. The molecule has 0 amide bonds. The Hall–Kier alpha value is -0.0800. The first-order chi connectivity index (χ1) is 5.13. The van der Waals surface area contributed by atoms with E-state index >= 15 is 0 Å². The smallest absolute Gasteiger partial charge is 0.0600 e. The number of nitrogens with two attached hydrogens (primary N) is 1. The van der Waals surface area contributed by atoms with Crippen LogP contribution in [0.5, 0.6) is 0 Å². The molecule has 1 saturated heterocycles. The Balaban J connectivity index is 2.51. The molecular weight excluding hydrogens is 136 g/mol. The van der Waals surface area contributed by atoms with Crippen LogP contribution in [0.25, 0.3) is 0 Å². The molecule has 2 heteroatoms. The molecule has 0 aliphatic carbocycles. The van der Waals surface area contributed by atoms with Gasteiger partial charge < -0.3 is 5.73 Å². The zero-order valence-electron chi connectivity index (χ0n) is 7.88. The van der Waals surface area contributed by atoms with Crippen molar-refractivity contribution in [2.75, 3.05) is 6.54 Å². The summed E-state index contributed by atoms with van der Waals surface area (Å²) in [7, 11) is 0. The minimum absolute atomic E-state index is 0.295. The van der Waals surface area contributed by atoms with Gasteiger partial charge in [-0.3, -0.25) is 4.90 Å². The largest absolute Gasteiger partial charge is 0.315 e. The normalized spacial score (nSPS) is 34.6. The molecule has 2 nitrogen and oxygen atoms in total. The van der Waals surface area contributed by atoms with Crippen LogP contribution in [0.15, 0.2) is 0 Å². The van der Waals surface area contributed by atoms with Gasteiger partial charge in [-0.2, -0.15) is 0 Å². The lowest BCUT2D eigenvalue weighted by Crippen LogP contribution is -2.52. The second-order valence-corrected chi connectivity index (χ2v) is 3.94. The van der Waals surface area contributed by atoms with Gasteiger partial charge in [0.2, 0.25) is 0 Å². The van der Waals surface area contributed by atoms with Crippen molar-refractivity contribution in [2.45, 2.75) is 45.8 Å². The van der Waals surface area contributed by atoms with Gasteiger partial charge in [-0.05, 0) is 39.2 Å². The zero-order chi connectivity index (χ0) is 8.43. The van der Waals surface area contributed by atoms with Crippen molar-refractivity contribution in [1.29, 1.82) is 0 Å². The Bertz CT molecular complexity index is 123. The number of hydrogen-bond acceptors (Lipinski definition) is 2. The third kappa shape index (κ3) is 1.94. The van der Waals surface area contributed by atoms with Crippen LogP contribution in [0.4, 0.5) is 0 Å². The molecule has 2 N–H and O–H groups in total. The van der Waals surface area contributed by atoms with E-state index in [0.29, 0.717) is 18.1 Å². The van der Waals surface area contributed by atoms with Gasteiger partial charge in [-0.1, -0.05) is 6.92 Å². The molecule has 66 valence electrons. The van der Waals surface area contributed by atoms with Crippen molar-refractivity contribution in [1.82, 2.24) is 4.90 Å². The Morgan fingerprint density at radius 3 is 2.55 bits per heavy atom. The van der Waals surface area contributed by atoms with Crippen molar-refractivity contribution in [3.05, 3.63) is 0 Å². The molecular formula is C9H20N2. The average Bonchev–Trinajstić information content (AvgIpc) is 1.94. The quantitative estimate of drug-likeness (QED) is 0.622. The van der Waals surface area contributed by atoms with Gasteiger partial charge in [0.05, 0.1) is 6.17 Å². The second-order valence-electron chi connectivity index (χ2n) is 3.94. The van der Waals surface area contributed by atoms with Crippen molar-refractivity contribution in [2.24, 2.45) is 11.7 Å². The van der Waals surface area contributed by atoms with Crippen molar-refractivity contribution in [3.8, 4) is 0 Å². The average molecular weight is 156 g/mol. The van der Waals surface area contributed by atoms with Crippen molar-refractivity contribution < 1.29 is 0 Å². The molecule has 1 aliphatic heterocycles. The first kappa shape index (κ1) is 9.01. The molecule has 1 rings (SSSR count). The Kier molecular flexibility index (Phi) is 2.90. The lowest BCUT2D eigenvalue weighted by atomic mass is 9.95. The lowest BCUT2D eigenvalue weighted by Gasteiger charge is -2.40. The highest BCUT2D eigenvalue weighted by molar-refractivity contribution is 4.79. The van der Waals surface area contributed by atoms with E-state index in [1.165, 1.54) is 19.4 Å². The number of hydrogen-bond donors (Lipinski definition) is 1. The molecule has 0 aromatic rings. The van der Waals surface area contributed by atoms with E-state index in [0.717, 1.165) is 0 Å². The van der Waals surface area contributed by atoms with Crippen LogP contribution in [0.2, 0.25) is 0 Å². The molecule has 2 unspecified atom stereocenters. The summed E-state index contributed by atoms with van der Waals surface area (Å²) in [5.41, 5.74) is 6.05. The maximum atomic E-state index is 6.05. The summed E-state index contributed by atoms with van der Waals surface area (Å²) in [5.74, 6) is 0.672. The van der Waals surface area contributed by atoms with E-state index in [1.807, 2.05) is 0 Å². The first-order valence-corrected chi connectivity index (χ1v) is 4.64. The standard InChI is InChI=1S/C9H20N2/c1-7(2)11-6-4-5-8(3)9(11)10/h7-9H,4-6,10H2,1-3H3. The summed E-state index contributed by atoms with van der Waals surface area (Å²) >= 11 is 0. The van der Waals surface area contributed by atoms with Crippen molar-refractivity contribution in [3.63, 3.8) is 0 Å². The molecule has 0 aromatic carbocycles. The van der Waals surface area contributed by atoms with Crippen LogP contribution in [-0.4, -0.2) is 23.7 Å². The molecule has 2 atom stereocenters. The maximum absolute atomic E-state index is 6.05. The highest BCUT2D eigenvalue weighted by atomic mass is 15.2. The van der Waals surface area contributed by atoms with Gasteiger partial charge in [0.25, 0.3) is 0 Å². The minimum atomic E-state index is 0.295. The van der Waals surface area contributed by atoms with Crippen molar-refractivity contribution >= 4 is 0 Å². The number of piperidine rings is 1. The molecule has 0 aromatic heterocycles. The first-order valence-electron chi connectivity index (χ1n) is 4.64. The van der Waals surface area contributed by atoms with Gasteiger partial charge >= 0.3 is 0 Å². The second kappa shape index (κ2) is 3.55. The van der Waals surface area contributed by atoms with Crippen LogP contribution in [0.1, 0.15) is 33.6 Å². The van der Waals surface area contributed by atoms with Crippen LogP contribution in [0.3, 0.4) is 0 Å². The summed E-state index contributed by atoms with van der Waals surface area (Å²) in [6, 6.07) is 0.604. The molecule has 1 aliphatic rings. The van der Waals surface area contributed by atoms with Crippen LogP contribution < -0.4 is 5.73 Å². The molecule has 1 fully saturated rings. The number of rotatable bonds is 1. The minimum Gasteiger partial charge on any atom is -0.315 e. The van der Waals surface area contributed by atoms with E-state index in [1.54, 1.807) is 0 Å². The van der Waals surface area contributed by atoms with Gasteiger partial charge in [-0.15, -0.1) is 0 Å². The van der Waals surface area contributed by atoms with E-state index in [2.05, 4.69) is 25.7 Å². The Morgan fingerprint density at radius 1 is 1.45 bits per heavy atom.